The van der Waals surface area contributed by atoms with E-state index in [0.29, 0.717) is 0 Å². The first-order chi connectivity index (χ1) is 28.3. The molecule has 0 radical (unpaired) electrons. The van der Waals surface area contributed by atoms with Gasteiger partial charge in [0.25, 0.3) is 0 Å². The van der Waals surface area contributed by atoms with Crippen molar-refractivity contribution in [2.24, 2.45) is 0 Å². The maximum absolute atomic E-state index is 6.72. The Morgan fingerprint density at radius 3 is 1.81 bits per heavy atom. The summed E-state index contributed by atoms with van der Waals surface area (Å²) in [5.74, 6) is 0. The second-order valence-electron chi connectivity index (χ2n) is 14.5. The summed E-state index contributed by atoms with van der Waals surface area (Å²) in [5, 5.41) is 4.61. The van der Waals surface area contributed by atoms with E-state index in [2.05, 4.69) is 222 Å². The van der Waals surface area contributed by atoms with Crippen LogP contribution in [0.5, 0.6) is 0 Å². The molecule has 11 aromatic rings. The number of furan rings is 1. The van der Waals surface area contributed by atoms with Crippen molar-refractivity contribution in [2.45, 2.75) is 0 Å². The van der Waals surface area contributed by atoms with Crippen molar-refractivity contribution >= 4 is 60.8 Å². The summed E-state index contributed by atoms with van der Waals surface area (Å²) in [5.41, 5.74) is 15.3. The summed E-state index contributed by atoms with van der Waals surface area (Å²) in [6.45, 7) is 0. The zero-order chi connectivity index (χ0) is 37.7. The molecule has 9 aromatic carbocycles. The normalized spacial score (nSPS) is 11.5. The minimum atomic E-state index is 0.854. The van der Waals surface area contributed by atoms with Crippen molar-refractivity contribution < 1.29 is 4.42 Å². The van der Waals surface area contributed by atoms with Crippen molar-refractivity contribution in [2.75, 3.05) is 4.90 Å². The number of para-hydroxylation sites is 3. The van der Waals surface area contributed by atoms with Crippen LogP contribution in [-0.4, -0.2) is 4.57 Å². The Hall–Kier alpha value is -7.62. The Morgan fingerprint density at radius 2 is 0.982 bits per heavy atom. The molecule has 0 saturated carbocycles. The Bertz CT molecular complexity index is 3230. The fourth-order valence-corrected chi connectivity index (χ4v) is 8.65. The first-order valence-corrected chi connectivity index (χ1v) is 19.4. The van der Waals surface area contributed by atoms with Gasteiger partial charge in [0.1, 0.15) is 5.58 Å². The second kappa shape index (κ2) is 13.6. The van der Waals surface area contributed by atoms with Gasteiger partial charge < -0.3 is 13.9 Å². The predicted molar refractivity (Wildman–Crippen MR) is 239 cm³/mol. The quantitative estimate of drug-likeness (QED) is 0.163. The lowest BCUT2D eigenvalue weighted by atomic mass is 9.92. The van der Waals surface area contributed by atoms with E-state index in [1.807, 2.05) is 6.07 Å². The first-order valence-electron chi connectivity index (χ1n) is 19.4. The molecule has 0 unspecified atom stereocenters. The fraction of sp³-hybridized carbons (Fsp3) is 0. The van der Waals surface area contributed by atoms with Gasteiger partial charge in [0.2, 0.25) is 0 Å². The molecule has 0 aliphatic rings. The first kappa shape index (κ1) is 32.8. The van der Waals surface area contributed by atoms with Crippen LogP contribution in [0.25, 0.3) is 82.8 Å². The lowest BCUT2D eigenvalue weighted by Gasteiger charge is -2.26. The molecular formula is C54H36N2O. The molecule has 0 amide bonds. The van der Waals surface area contributed by atoms with Gasteiger partial charge in [0, 0.05) is 38.6 Å². The lowest BCUT2D eigenvalue weighted by Crippen LogP contribution is -2.10. The van der Waals surface area contributed by atoms with Gasteiger partial charge in [-0.3, -0.25) is 0 Å². The van der Waals surface area contributed by atoms with Crippen LogP contribution in [0.4, 0.5) is 17.1 Å². The van der Waals surface area contributed by atoms with Crippen LogP contribution in [0.3, 0.4) is 0 Å². The van der Waals surface area contributed by atoms with Gasteiger partial charge in [-0.05, 0) is 88.0 Å². The van der Waals surface area contributed by atoms with Gasteiger partial charge >= 0.3 is 0 Å². The number of aromatic nitrogens is 1. The van der Waals surface area contributed by atoms with Gasteiger partial charge in [-0.1, -0.05) is 164 Å². The van der Waals surface area contributed by atoms with Crippen molar-refractivity contribution in [3.63, 3.8) is 0 Å². The minimum absolute atomic E-state index is 0.854. The summed E-state index contributed by atoms with van der Waals surface area (Å²) in [4.78, 5) is 2.36. The summed E-state index contributed by atoms with van der Waals surface area (Å²) < 4.78 is 9.14. The van der Waals surface area contributed by atoms with Crippen molar-refractivity contribution in [1.82, 2.24) is 4.57 Å². The molecule has 2 heterocycles. The van der Waals surface area contributed by atoms with Crippen molar-refractivity contribution in [1.29, 1.82) is 0 Å². The van der Waals surface area contributed by atoms with E-state index in [0.717, 1.165) is 61.3 Å². The summed E-state index contributed by atoms with van der Waals surface area (Å²) >= 11 is 0. The molecule has 0 spiro atoms. The van der Waals surface area contributed by atoms with E-state index < -0.39 is 0 Å². The van der Waals surface area contributed by atoms with E-state index in [9.17, 15) is 0 Å². The molecule has 0 N–H and O–H groups in total. The molecule has 2 aromatic heterocycles. The molecule has 0 aliphatic heterocycles. The molecule has 3 heteroatoms. The molecule has 0 fully saturated rings. The molecule has 0 aliphatic carbocycles. The van der Waals surface area contributed by atoms with E-state index >= 15 is 0 Å². The number of fused-ring (bicyclic) bond motifs is 6. The van der Waals surface area contributed by atoms with Gasteiger partial charge in [0.05, 0.1) is 16.7 Å². The van der Waals surface area contributed by atoms with Crippen LogP contribution in [0.1, 0.15) is 0 Å². The number of anilines is 3. The lowest BCUT2D eigenvalue weighted by molar-refractivity contribution is 0.669. The third kappa shape index (κ3) is 5.51. The Kier molecular flexibility index (Phi) is 7.82. The van der Waals surface area contributed by atoms with E-state index in [1.165, 1.54) is 38.6 Å². The smallest absolute Gasteiger partial charge is 0.159 e. The molecule has 0 bridgehead atoms. The Morgan fingerprint density at radius 1 is 0.368 bits per heavy atom. The predicted octanol–water partition coefficient (Wildman–Crippen LogP) is 15.2. The van der Waals surface area contributed by atoms with Gasteiger partial charge in [0.15, 0.2) is 5.58 Å². The largest absolute Gasteiger partial charge is 0.454 e. The molecule has 3 nitrogen and oxygen atoms in total. The highest BCUT2D eigenvalue weighted by Crippen LogP contribution is 2.46. The van der Waals surface area contributed by atoms with Crippen molar-refractivity contribution in [3.05, 3.63) is 218 Å². The SMILES string of the molecule is c1ccc(-c2cccc(N(c3ccc4c5c(-c6ccccc6-c6ccccc6)cccc5n(-c5ccccc5)c4c3)c3cccc4c3oc3ccccc34)c2)cc1. The second-order valence-corrected chi connectivity index (χ2v) is 14.5. The zero-order valence-electron chi connectivity index (χ0n) is 31.1. The molecular weight excluding hydrogens is 693 g/mol. The third-order valence-corrected chi connectivity index (χ3v) is 11.2. The average Bonchev–Trinajstić information content (AvgIpc) is 3.84. The van der Waals surface area contributed by atoms with Gasteiger partial charge in [-0.15, -0.1) is 0 Å². The molecule has 0 atom stereocenters. The highest BCUT2D eigenvalue weighted by atomic mass is 16.3. The number of nitrogens with zero attached hydrogens (tertiary/aromatic N) is 2. The minimum Gasteiger partial charge on any atom is -0.454 e. The van der Waals surface area contributed by atoms with Crippen LogP contribution in [0, 0.1) is 0 Å². The van der Waals surface area contributed by atoms with Crippen LogP contribution in [-0.2, 0) is 0 Å². The molecule has 57 heavy (non-hydrogen) atoms. The van der Waals surface area contributed by atoms with Crippen molar-refractivity contribution in [3.8, 4) is 39.1 Å². The van der Waals surface area contributed by atoms with Gasteiger partial charge in [-0.25, -0.2) is 0 Å². The number of rotatable bonds is 7. The highest BCUT2D eigenvalue weighted by molar-refractivity contribution is 6.18. The summed E-state index contributed by atoms with van der Waals surface area (Å²) in [7, 11) is 0. The van der Waals surface area contributed by atoms with Crippen LogP contribution < -0.4 is 4.90 Å². The average molecular weight is 729 g/mol. The van der Waals surface area contributed by atoms with Gasteiger partial charge in [-0.2, -0.15) is 0 Å². The topological polar surface area (TPSA) is 21.3 Å². The molecule has 0 saturated heterocycles. The molecule has 268 valence electrons. The number of hydrogen-bond donors (Lipinski definition) is 0. The third-order valence-electron chi connectivity index (χ3n) is 11.2. The highest BCUT2D eigenvalue weighted by Gasteiger charge is 2.23. The number of benzene rings is 9. The molecule has 11 rings (SSSR count). The maximum Gasteiger partial charge on any atom is 0.159 e. The standard InChI is InChI=1S/C54H36N2O/c1-4-17-37(18-5-1)39-21-14-24-41(35-39)55(50-31-16-29-47-45-27-12-13-32-52(45)57-54(47)50)42-33-34-48-51(36-42)56(40-22-8-3-9-23-40)49-30-15-28-46(53(48)49)44-26-11-10-25-43(44)38-19-6-2-7-20-38/h1-36H. The maximum atomic E-state index is 6.72. The van der Waals surface area contributed by atoms with E-state index in [4.69, 9.17) is 4.42 Å². The Labute approximate surface area is 330 Å². The summed E-state index contributed by atoms with van der Waals surface area (Å²) in [6.07, 6.45) is 0. The Balaban J connectivity index is 1.20. The zero-order valence-corrected chi connectivity index (χ0v) is 31.1. The van der Waals surface area contributed by atoms with E-state index in [-0.39, 0.29) is 0 Å². The summed E-state index contributed by atoms with van der Waals surface area (Å²) in [6, 6.07) is 78.1. The van der Waals surface area contributed by atoms with E-state index in [1.54, 1.807) is 0 Å². The monoisotopic (exact) mass is 728 g/mol. The number of hydrogen-bond acceptors (Lipinski definition) is 2. The van der Waals surface area contributed by atoms with Crippen LogP contribution >= 0.6 is 0 Å². The van der Waals surface area contributed by atoms with Crippen LogP contribution in [0.2, 0.25) is 0 Å². The fourth-order valence-electron chi connectivity index (χ4n) is 8.65. The van der Waals surface area contributed by atoms with Crippen LogP contribution in [0.15, 0.2) is 223 Å².